The highest BCUT2D eigenvalue weighted by Crippen LogP contribution is 2.26. The molecule has 1 atom stereocenters. The van der Waals surface area contributed by atoms with Crippen molar-refractivity contribution in [2.45, 2.75) is 46.3 Å². The summed E-state index contributed by atoms with van der Waals surface area (Å²) in [6.45, 7) is 13.1. The van der Waals surface area contributed by atoms with Crippen molar-refractivity contribution in [1.82, 2.24) is 24.3 Å². The molecule has 0 spiro atoms. The quantitative estimate of drug-likeness (QED) is 0.781. The highest BCUT2D eigenvalue weighted by atomic mass is 32.1. The molecule has 0 saturated carbocycles. The number of rotatable bonds is 7. The molecule has 1 aliphatic heterocycles. The molecule has 23 heavy (non-hydrogen) atoms. The summed E-state index contributed by atoms with van der Waals surface area (Å²) in [5.41, 5.74) is 4.47. The van der Waals surface area contributed by atoms with Crippen molar-refractivity contribution in [1.29, 1.82) is 0 Å². The SMILES string of the molecule is CCN(CC)CCC1CN(Cc2scnc2C)Cc2cncn21. The van der Waals surface area contributed by atoms with Crippen LogP contribution < -0.4 is 0 Å². The molecule has 0 N–H and O–H groups in total. The van der Waals surface area contributed by atoms with Crippen LogP contribution in [0.5, 0.6) is 0 Å². The van der Waals surface area contributed by atoms with Crippen molar-refractivity contribution in [3.63, 3.8) is 0 Å². The van der Waals surface area contributed by atoms with Gasteiger partial charge >= 0.3 is 0 Å². The molecule has 3 rings (SSSR count). The van der Waals surface area contributed by atoms with Gasteiger partial charge in [0.05, 0.1) is 23.2 Å². The van der Waals surface area contributed by atoms with E-state index in [1.807, 2.05) is 18.0 Å². The number of thiazole rings is 1. The van der Waals surface area contributed by atoms with Crippen LogP contribution in [-0.2, 0) is 13.1 Å². The highest BCUT2D eigenvalue weighted by Gasteiger charge is 2.25. The van der Waals surface area contributed by atoms with Gasteiger partial charge in [-0.2, -0.15) is 0 Å². The minimum atomic E-state index is 0.523. The van der Waals surface area contributed by atoms with E-state index >= 15 is 0 Å². The zero-order valence-electron chi connectivity index (χ0n) is 14.4. The third kappa shape index (κ3) is 3.82. The molecule has 2 aromatic heterocycles. The van der Waals surface area contributed by atoms with Gasteiger partial charge in [0, 0.05) is 43.3 Å². The topological polar surface area (TPSA) is 37.2 Å². The largest absolute Gasteiger partial charge is 0.329 e. The van der Waals surface area contributed by atoms with Crippen LogP contribution in [0.4, 0.5) is 0 Å². The Kier molecular flexibility index (Phi) is 5.46. The van der Waals surface area contributed by atoms with Crippen molar-refractivity contribution in [2.24, 2.45) is 0 Å². The molecule has 126 valence electrons. The summed E-state index contributed by atoms with van der Waals surface area (Å²) in [5, 5.41) is 0. The lowest BCUT2D eigenvalue weighted by Gasteiger charge is -2.35. The molecule has 0 fully saturated rings. The van der Waals surface area contributed by atoms with Crippen molar-refractivity contribution >= 4 is 11.3 Å². The summed E-state index contributed by atoms with van der Waals surface area (Å²) in [6, 6.07) is 0.523. The Morgan fingerprint density at radius 2 is 2.17 bits per heavy atom. The minimum Gasteiger partial charge on any atom is -0.329 e. The summed E-state index contributed by atoms with van der Waals surface area (Å²) in [4.78, 5) is 15.2. The van der Waals surface area contributed by atoms with E-state index in [0.717, 1.165) is 39.3 Å². The Morgan fingerprint density at radius 3 is 2.87 bits per heavy atom. The van der Waals surface area contributed by atoms with Gasteiger partial charge in [-0.1, -0.05) is 13.8 Å². The van der Waals surface area contributed by atoms with Crippen LogP contribution in [0.15, 0.2) is 18.0 Å². The molecule has 2 aromatic rings. The van der Waals surface area contributed by atoms with Crippen molar-refractivity contribution in [3.8, 4) is 0 Å². The van der Waals surface area contributed by atoms with Gasteiger partial charge in [-0.05, 0) is 26.4 Å². The first-order chi connectivity index (χ1) is 11.2. The minimum absolute atomic E-state index is 0.523. The number of aryl methyl sites for hydroxylation is 1. The zero-order valence-corrected chi connectivity index (χ0v) is 15.2. The lowest BCUT2D eigenvalue weighted by molar-refractivity contribution is 0.160. The molecular weight excluding hydrogens is 306 g/mol. The van der Waals surface area contributed by atoms with Gasteiger partial charge in [-0.25, -0.2) is 9.97 Å². The van der Waals surface area contributed by atoms with E-state index in [9.17, 15) is 0 Å². The lowest BCUT2D eigenvalue weighted by atomic mass is 10.1. The van der Waals surface area contributed by atoms with Crippen molar-refractivity contribution in [3.05, 3.63) is 34.3 Å². The Bertz CT molecular complexity index is 616. The number of fused-ring (bicyclic) bond motifs is 1. The maximum atomic E-state index is 4.38. The van der Waals surface area contributed by atoms with Crippen LogP contribution in [0, 0.1) is 6.92 Å². The average molecular weight is 334 g/mol. The van der Waals surface area contributed by atoms with Gasteiger partial charge in [-0.15, -0.1) is 11.3 Å². The molecule has 0 bridgehead atoms. The monoisotopic (exact) mass is 333 g/mol. The number of imidazole rings is 1. The number of hydrogen-bond acceptors (Lipinski definition) is 5. The highest BCUT2D eigenvalue weighted by molar-refractivity contribution is 7.09. The Labute approximate surface area is 143 Å². The maximum absolute atomic E-state index is 4.38. The third-order valence-electron chi connectivity index (χ3n) is 4.88. The molecule has 1 aliphatic rings. The van der Waals surface area contributed by atoms with Gasteiger partial charge in [-0.3, -0.25) is 4.90 Å². The number of aromatic nitrogens is 3. The second-order valence-electron chi connectivity index (χ2n) is 6.29. The second kappa shape index (κ2) is 7.55. The van der Waals surface area contributed by atoms with Gasteiger partial charge in [0.1, 0.15) is 0 Å². The molecule has 0 aliphatic carbocycles. The Hall–Kier alpha value is -1.24. The van der Waals surface area contributed by atoms with Crippen LogP contribution in [0.25, 0.3) is 0 Å². The molecule has 0 amide bonds. The molecule has 3 heterocycles. The third-order valence-corrected chi connectivity index (χ3v) is 5.80. The maximum Gasteiger partial charge on any atom is 0.0951 e. The predicted octanol–water partition coefficient (Wildman–Crippen LogP) is 2.94. The average Bonchev–Trinajstić information content (AvgIpc) is 3.18. The van der Waals surface area contributed by atoms with Gasteiger partial charge in [0.25, 0.3) is 0 Å². The molecule has 0 saturated heterocycles. The predicted molar refractivity (Wildman–Crippen MR) is 94.6 cm³/mol. The van der Waals surface area contributed by atoms with Crippen LogP contribution in [0.3, 0.4) is 0 Å². The van der Waals surface area contributed by atoms with Crippen molar-refractivity contribution < 1.29 is 0 Å². The smallest absolute Gasteiger partial charge is 0.0951 e. The number of hydrogen-bond donors (Lipinski definition) is 0. The Balaban J connectivity index is 1.68. The summed E-state index contributed by atoms with van der Waals surface area (Å²) in [5.74, 6) is 0. The molecule has 0 aromatic carbocycles. The van der Waals surface area contributed by atoms with Crippen LogP contribution in [-0.4, -0.2) is 50.5 Å². The van der Waals surface area contributed by atoms with E-state index in [1.165, 1.54) is 22.7 Å². The van der Waals surface area contributed by atoms with E-state index in [2.05, 4.69) is 45.1 Å². The van der Waals surface area contributed by atoms with E-state index in [4.69, 9.17) is 0 Å². The van der Waals surface area contributed by atoms with Crippen LogP contribution in [0.1, 0.15) is 42.6 Å². The van der Waals surface area contributed by atoms with E-state index < -0.39 is 0 Å². The Morgan fingerprint density at radius 1 is 1.35 bits per heavy atom. The van der Waals surface area contributed by atoms with Gasteiger partial charge in [0.2, 0.25) is 0 Å². The molecule has 5 nitrogen and oxygen atoms in total. The van der Waals surface area contributed by atoms with Crippen LogP contribution in [0.2, 0.25) is 0 Å². The molecular formula is C17H27N5S. The fraction of sp³-hybridized carbons (Fsp3) is 0.647. The first-order valence-electron chi connectivity index (χ1n) is 8.55. The van der Waals surface area contributed by atoms with E-state index in [0.29, 0.717) is 6.04 Å². The summed E-state index contributed by atoms with van der Waals surface area (Å²) >= 11 is 1.77. The molecule has 6 heteroatoms. The molecule has 0 radical (unpaired) electrons. The van der Waals surface area contributed by atoms with Gasteiger partial charge in [0.15, 0.2) is 0 Å². The summed E-state index contributed by atoms with van der Waals surface area (Å²) in [7, 11) is 0. The molecule has 1 unspecified atom stereocenters. The van der Waals surface area contributed by atoms with E-state index in [-0.39, 0.29) is 0 Å². The second-order valence-corrected chi connectivity index (χ2v) is 7.23. The fourth-order valence-electron chi connectivity index (χ4n) is 3.37. The summed E-state index contributed by atoms with van der Waals surface area (Å²) < 4.78 is 2.39. The first-order valence-corrected chi connectivity index (χ1v) is 9.43. The van der Waals surface area contributed by atoms with E-state index in [1.54, 1.807) is 11.3 Å². The lowest BCUT2D eigenvalue weighted by Crippen LogP contribution is -2.38. The standard InChI is InChI=1S/C17H27N5S/c1-4-20(5-2)7-6-15-9-21(10-16-8-18-12-22(15)16)11-17-14(3)19-13-23-17/h8,12-13,15H,4-7,9-11H2,1-3H3. The van der Waals surface area contributed by atoms with Crippen molar-refractivity contribution in [2.75, 3.05) is 26.2 Å². The van der Waals surface area contributed by atoms with Gasteiger partial charge < -0.3 is 9.47 Å². The normalized spacial score (nSPS) is 18.5. The summed E-state index contributed by atoms with van der Waals surface area (Å²) in [6.07, 6.45) is 5.22. The first kappa shape index (κ1) is 16.6. The zero-order chi connectivity index (χ0) is 16.2. The number of nitrogens with zero attached hydrogens (tertiary/aromatic N) is 5. The van der Waals surface area contributed by atoms with Crippen LogP contribution >= 0.6 is 11.3 Å². The fourth-order valence-corrected chi connectivity index (χ4v) is 4.18.